The Morgan fingerprint density at radius 1 is 1.07 bits per heavy atom. The molecule has 0 unspecified atom stereocenters. The van der Waals surface area contributed by atoms with Gasteiger partial charge in [0.2, 0.25) is 5.88 Å². The second kappa shape index (κ2) is 7.79. The first-order valence-corrected chi connectivity index (χ1v) is 9.21. The van der Waals surface area contributed by atoms with E-state index in [9.17, 15) is 13.9 Å². The van der Waals surface area contributed by atoms with Crippen LogP contribution in [0.4, 0.5) is 8.78 Å². The molecule has 6 nitrogen and oxygen atoms in total. The summed E-state index contributed by atoms with van der Waals surface area (Å²) in [4.78, 5) is 8.20. The van der Waals surface area contributed by atoms with Crippen molar-refractivity contribution in [2.45, 2.75) is 6.54 Å². The highest BCUT2D eigenvalue weighted by Gasteiger charge is 2.20. The second-order valence-electron chi connectivity index (χ2n) is 6.45. The first-order chi connectivity index (χ1) is 14.4. The molecule has 0 aliphatic heterocycles. The first-order valence-electron chi connectivity index (χ1n) is 8.83. The summed E-state index contributed by atoms with van der Waals surface area (Å²) in [5, 5.41) is 10.7. The van der Waals surface area contributed by atoms with Gasteiger partial charge >= 0.3 is 0 Å². The average Bonchev–Trinajstić information content (AvgIpc) is 3.04. The predicted octanol–water partition coefficient (Wildman–Crippen LogP) is 4.80. The van der Waals surface area contributed by atoms with Crippen molar-refractivity contribution in [1.82, 2.24) is 14.5 Å². The zero-order valence-corrected chi connectivity index (χ0v) is 16.7. The van der Waals surface area contributed by atoms with E-state index in [1.165, 1.54) is 23.9 Å². The Labute approximate surface area is 175 Å². The molecule has 9 heteroatoms. The molecular formula is C21H16ClF2N3O3. The van der Waals surface area contributed by atoms with Gasteiger partial charge in [-0.1, -0.05) is 17.7 Å². The lowest BCUT2D eigenvalue weighted by Gasteiger charge is -2.11. The van der Waals surface area contributed by atoms with Crippen LogP contribution in [0.3, 0.4) is 0 Å². The molecule has 0 aliphatic rings. The molecule has 2 heterocycles. The summed E-state index contributed by atoms with van der Waals surface area (Å²) in [6, 6.07) is 8.76. The van der Waals surface area contributed by atoms with Gasteiger partial charge < -0.3 is 19.1 Å². The van der Waals surface area contributed by atoms with Crippen LogP contribution in [0, 0.1) is 11.6 Å². The fourth-order valence-electron chi connectivity index (χ4n) is 3.21. The van der Waals surface area contributed by atoms with Crippen LogP contribution in [-0.4, -0.2) is 33.9 Å². The third-order valence-electron chi connectivity index (χ3n) is 4.69. The van der Waals surface area contributed by atoms with Crippen molar-refractivity contribution in [3.63, 3.8) is 0 Å². The van der Waals surface area contributed by atoms with E-state index in [1.54, 1.807) is 25.3 Å². The van der Waals surface area contributed by atoms with Crippen molar-refractivity contribution >= 4 is 22.5 Å². The lowest BCUT2D eigenvalue weighted by molar-refractivity contribution is 0.387. The molecule has 154 valence electrons. The number of benzene rings is 2. The van der Waals surface area contributed by atoms with Crippen LogP contribution in [0.25, 0.3) is 22.3 Å². The zero-order chi connectivity index (χ0) is 21.4. The van der Waals surface area contributed by atoms with E-state index in [4.69, 9.17) is 21.1 Å². The van der Waals surface area contributed by atoms with Crippen LogP contribution in [0.5, 0.6) is 17.4 Å². The molecule has 2 aromatic carbocycles. The molecule has 0 fully saturated rings. The van der Waals surface area contributed by atoms with Gasteiger partial charge in [0.15, 0.2) is 5.82 Å². The minimum Gasteiger partial charge on any atom is -0.497 e. The number of ether oxygens (including phenoxy) is 2. The van der Waals surface area contributed by atoms with Crippen LogP contribution >= 0.6 is 11.6 Å². The van der Waals surface area contributed by atoms with Gasteiger partial charge in [-0.25, -0.2) is 18.7 Å². The van der Waals surface area contributed by atoms with Crippen molar-refractivity contribution in [2.75, 3.05) is 14.2 Å². The molecule has 1 N–H and O–H groups in total. The lowest BCUT2D eigenvalue weighted by atomic mass is 10.2. The van der Waals surface area contributed by atoms with Crippen LogP contribution in [0.1, 0.15) is 5.56 Å². The number of halogens is 3. The van der Waals surface area contributed by atoms with Gasteiger partial charge in [-0.05, 0) is 24.3 Å². The first kappa shape index (κ1) is 19.9. The van der Waals surface area contributed by atoms with Crippen LogP contribution < -0.4 is 9.47 Å². The Morgan fingerprint density at radius 3 is 2.47 bits per heavy atom. The van der Waals surface area contributed by atoms with E-state index in [-0.39, 0.29) is 39.9 Å². The summed E-state index contributed by atoms with van der Waals surface area (Å²) in [6.07, 6.45) is 1.53. The fourth-order valence-corrected chi connectivity index (χ4v) is 3.47. The Kier molecular flexibility index (Phi) is 5.17. The standard InChI is InChI=1S/C21H16ClF2N3O3/c1-29-12-7-6-11(16(8-12)30-2)9-27-10-15-18(21(27)28)19(22)26-20(25-15)17-13(23)4-3-5-14(17)24/h3-8,10,28H,9H2,1-2H3. The largest absolute Gasteiger partial charge is 0.497 e. The van der Waals surface area contributed by atoms with Crippen molar-refractivity contribution < 1.29 is 23.4 Å². The summed E-state index contributed by atoms with van der Waals surface area (Å²) >= 11 is 6.23. The number of aromatic hydroxyl groups is 1. The van der Waals surface area contributed by atoms with E-state index < -0.39 is 11.6 Å². The van der Waals surface area contributed by atoms with Crippen molar-refractivity contribution in [2.24, 2.45) is 0 Å². The summed E-state index contributed by atoms with van der Waals surface area (Å²) in [7, 11) is 3.08. The third-order valence-corrected chi connectivity index (χ3v) is 4.96. The van der Waals surface area contributed by atoms with Gasteiger partial charge in [0.1, 0.15) is 28.3 Å². The second-order valence-corrected chi connectivity index (χ2v) is 6.81. The smallest absolute Gasteiger partial charge is 0.204 e. The molecule has 0 aliphatic carbocycles. The van der Waals surface area contributed by atoms with Crippen LogP contribution in [0.2, 0.25) is 5.15 Å². The molecule has 4 aromatic rings. The quantitative estimate of drug-likeness (QED) is 0.460. The molecule has 0 saturated heterocycles. The maximum absolute atomic E-state index is 14.1. The summed E-state index contributed by atoms with van der Waals surface area (Å²) in [6.45, 7) is 0.231. The van der Waals surface area contributed by atoms with Gasteiger partial charge in [-0.2, -0.15) is 0 Å². The SMILES string of the molecule is COc1ccc(Cn2cc3nc(-c4c(F)cccc4F)nc(Cl)c3c2O)c(OC)c1. The Morgan fingerprint density at radius 2 is 1.80 bits per heavy atom. The maximum Gasteiger partial charge on any atom is 0.204 e. The number of aromatic nitrogens is 3. The number of methoxy groups -OCH3 is 2. The fraction of sp³-hybridized carbons (Fsp3) is 0.143. The molecule has 0 radical (unpaired) electrons. The molecule has 0 amide bonds. The molecule has 0 spiro atoms. The summed E-state index contributed by atoms with van der Waals surface area (Å²) in [5.41, 5.74) is 0.626. The maximum atomic E-state index is 14.1. The summed E-state index contributed by atoms with van der Waals surface area (Å²) < 4.78 is 40.4. The van der Waals surface area contributed by atoms with E-state index in [0.29, 0.717) is 11.5 Å². The van der Waals surface area contributed by atoms with Gasteiger partial charge in [-0.3, -0.25) is 0 Å². The topological polar surface area (TPSA) is 69.4 Å². The number of hydrogen-bond acceptors (Lipinski definition) is 5. The molecule has 4 rings (SSSR count). The van der Waals surface area contributed by atoms with Gasteiger partial charge in [-0.15, -0.1) is 0 Å². The molecule has 0 saturated carbocycles. The number of rotatable bonds is 5. The molecular weight excluding hydrogens is 416 g/mol. The van der Waals surface area contributed by atoms with Crippen LogP contribution in [-0.2, 0) is 6.54 Å². The van der Waals surface area contributed by atoms with Crippen molar-refractivity contribution in [1.29, 1.82) is 0 Å². The van der Waals surface area contributed by atoms with E-state index in [0.717, 1.165) is 17.7 Å². The average molecular weight is 432 g/mol. The highest BCUT2D eigenvalue weighted by atomic mass is 35.5. The highest BCUT2D eigenvalue weighted by molar-refractivity contribution is 6.34. The molecule has 2 aromatic heterocycles. The summed E-state index contributed by atoms with van der Waals surface area (Å²) in [5.74, 6) is -0.800. The highest BCUT2D eigenvalue weighted by Crippen LogP contribution is 2.35. The monoisotopic (exact) mass is 431 g/mol. The van der Waals surface area contributed by atoms with Gasteiger partial charge in [0.25, 0.3) is 0 Å². The van der Waals surface area contributed by atoms with Crippen molar-refractivity contribution in [3.05, 3.63) is 64.9 Å². The number of fused-ring (bicyclic) bond motifs is 1. The zero-order valence-electron chi connectivity index (χ0n) is 16.0. The lowest BCUT2D eigenvalue weighted by Crippen LogP contribution is -2.00. The minimum atomic E-state index is -0.808. The van der Waals surface area contributed by atoms with Gasteiger partial charge in [0, 0.05) is 17.8 Å². The molecule has 30 heavy (non-hydrogen) atoms. The Bertz CT molecular complexity index is 1240. The van der Waals surface area contributed by atoms with Gasteiger partial charge in [0.05, 0.1) is 37.2 Å². The minimum absolute atomic E-state index is 0.115. The van der Waals surface area contributed by atoms with Crippen molar-refractivity contribution in [3.8, 4) is 28.8 Å². The van der Waals surface area contributed by atoms with E-state index in [1.807, 2.05) is 0 Å². The normalized spacial score (nSPS) is 11.1. The predicted molar refractivity (Wildman–Crippen MR) is 108 cm³/mol. The number of nitrogens with zero attached hydrogens (tertiary/aromatic N) is 3. The Balaban J connectivity index is 1.81. The number of hydrogen-bond donors (Lipinski definition) is 1. The van der Waals surface area contributed by atoms with E-state index >= 15 is 0 Å². The third kappa shape index (κ3) is 3.39. The van der Waals surface area contributed by atoms with Crippen LogP contribution in [0.15, 0.2) is 42.6 Å². The Hall–Kier alpha value is -3.39. The molecule has 0 atom stereocenters. The molecule has 0 bridgehead atoms. The van der Waals surface area contributed by atoms with E-state index in [2.05, 4.69) is 9.97 Å².